The molecule has 1 aromatic carbocycles. The Morgan fingerprint density at radius 3 is 2.33 bits per heavy atom. The zero-order chi connectivity index (χ0) is 15.2. The number of amides is 2. The summed E-state index contributed by atoms with van der Waals surface area (Å²) in [7, 11) is 0. The Labute approximate surface area is 124 Å². The van der Waals surface area contributed by atoms with Crippen LogP contribution in [0.3, 0.4) is 0 Å². The normalized spacial score (nSPS) is 21.6. The van der Waals surface area contributed by atoms with E-state index in [2.05, 4.69) is 10.6 Å². The molecule has 0 spiro atoms. The van der Waals surface area contributed by atoms with Gasteiger partial charge >= 0.3 is 11.8 Å². The van der Waals surface area contributed by atoms with Gasteiger partial charge in [0.1, 0.15) is 0 Å². The van der Waals surface area contributed by atoms with Gasteiger partial charge in [0.15, 0.2) is 0 Å². The molecular formula is C16H22N2O3. The predicted molar refractivity (Wildman–Crippen MR) is 80.8 cm³/mol. The van der Waals surface area contributed by atoms with Crippen LogP contribution in [0, 0.1) is 12.8 Å². The summed E-state index contributed by atoms with van der Waals surface area (Å²) in [4.78, 5) is 23.5. The monoisotopic (exact) mass is 290 g/mol. The van der Waals surface area contributed by atoms with E-state index in [4.69, 9.17) is 0 Å². The SMILES string of the molecule is Cc1ccc(NC(=O)C(=O)NCC2CCC(O)CC2)cc1. The summed E-state index contributed by atoms with van der Waals surface area (Å²) in [6.45, 7) is 2.45. The number of carbonyl (C=O) groups is 2. The van der Waals surface area contributed by atoms with E-state index in [0.29, 0.717) is 18.2 Å². The van der Waals surface area contributed by atoms with Crippen LogP contribution in [0.5, 0.6) is 0 Å². The van der Waals surface area contributed by atoms with Crippen molar-refractivity contribution in [3.05, 3.63) is 29.8 Å². The largest absolute Gasteiger partial charge is 0.393 e. The van der Waals surface area contributed by atoms with Crippen molar-refractivity contribution in [2.24, 2.45) is 5.92 Å². The molecule has 2 rings (SSSR count). The Kier molecular flexibility index (Phi) is 5.33. The molecule has 1 saturated carbocycles. The molecule has 5 nitrogen and oxygen atoms in total. The summed E-state index contributed by atoms with van der Waals surface area (Å²) in [6.07, 6.45) is 3.12. The van der Waals surface area contributed by atoms with Crippen molar-refractivity contribution in [2.75, 3.05) is 11.9 Å². The average Bonchev–Trinajstić information content (AvgIpc) is 2.48. The van der Waals surface area contributed by atoms with Crippen molar-refractivity contribution < 1.29 is 14.7 Å². The van der Waals surface area contributed by atoms with Gasteiger partial charge in [0.2, 0.25) is 0 Å². The Hall–Kier alpha value is -1.88. The molecule has 0 unspecified atom stereocenters. The van der Waals surface area contributed by atoms with Gasteiger partial charge in [-0.15, -0.1) is 0 Å². The zero-order valence-electron chi connectivity index (χ0n) is 12.3. The van der Waals surface area contributed by atoms with Gasteiger partial charge in [-0.25, -0.2) is 0 Å². The van der Waals surface area contributed by atoms with E-state index in [1.165, 1.54) is 0 Å². The molecule has 0 saturated heterocycles. The average molecular weight is 290 g/mol. The second-order valence-corrected chi connectivity index (χ2v) is 5.70. The molecule has 2 amide bonds. The summed E-state index contributed by atoms with van der Waals surface area (Å²) >= 11 is 0. The Morgan fingerprint density at radius 2 is 1.71 bits per heavy atom. The lowest BCUT2D eigenvalue weighted by atomic mass is 9.87. The number of hydrogen-bond acceptors (Lipinski definition) is 3. The van der Waals surface area contributed by atoms with Crippen molar-refractivity contribution >= 4 is 17.5 Å². The van der Waals surface area contributed by atoms with Gasteiger partial charge < -0.3 is 15.7 Å². The Morgan fingerprint density at radius 1 is 1.10 bits per heavy atom. The van der Waals surface area contributed by atoms with Crippen LogP contribution in [-0.2, 0) is 9.59 Å². The molecule has 3 N–H and O–H groups in total. The zero-order valence-corrected chi connectivity index (χ0v) is 12.3. The number of aliphatic hydroxyl groups is 1. The van der Waals surface area contributed by atoms with Gasteiger partial charge in [0.05, 0.1) is 6.10 Å². The fourth-order valence-corrected chi connectivity index (χ4v) is 2.49. The summed E-state index contributed by atoms with van der Waals surface area (Å²) in [5.41, 5.74) is 1.71. The molecular weight excluding hydrogens is 268 g/mol. The third kappa shape index (κ3) is 4.86. The van der Waals surface area contributed by atoms with Crippen LogP contribution in [0.4, 0.5) is 5.69 Å². The van der Waals surface area contributed by atoms with Gasteiger partial charge in [-0.2, -0.15) is 0 Å². The standard InChI is InChI=1S/C16H22N2O3/c1-11-2-6-13(7-3-11)18-16(21)15(20)17-10-12-4-8-14(19)9-5-12/h2-3,6-7,12,14,19H,4-5,8-10H2,1H3,(H,17,20)(H,18,21). The minimum atomic E-state index is -0.644. The highest BCUT2D eigenvalue weighted by atomic mass is 16.3. The maximum atomic E-state index is 11.8. The highest BCUT2D eigenvalue weighted by molar-refractivity contribution is 6.39. The van der Waals surface area contributed by atoms with E-state index in [0.717, 1.165) is 31.2 Å². The lowest BCUT2D eigenvalue weighted by molar-refractivity contribution is -0.136. The van der Waals surface area contributed by atoms with Crippen molar-refractivity contribution in [3.8, 4) is 0 Å². The van der Waals surface area contributed by atoms with Crippen LogP contribution < -0.4 is 10.6 Å². The number of carbonyl (C=O) groups excluding carboxylic acids is 2. The summed E-state index contributed by atoms with van der Waals surface area (Å²) in [5.74, 6) is -0.902. The Balaban J connectivity index is 1.75. The van der Waals surface area contributed by atoms with E-state index in [1.54, 1.807) is 12.1 Å². The molecule has 5 heteroatoms. The molecule has 21 heavy (non-hydrogen) atoms. The summed E-state index contributed by atoms with van der Waals surface area (Å²) in [6, 6.07) is 7.29. The number of hydrogen-bond donors (Lipinski definition) is 3. The lowest BCUT2D eigenvalue weighted by Gasteiger charge is -2.25. The van der Waals surface area contributed by atoms with Crippen LogP contribution in [-0.4, -0.2) is 29.6 Å². The highest BCUT2D eigenvalue weighted by Crippen LogP contribution is 2.23. The molecule has 0 aromatic heterocycles. The first-order chi connectivity index (χ1) is 10.0. The number of aryl methyl sites for hydroxylation is 1. The highest BCUT2D eigenvalue weighted by Gasteiger charge is 2.21. The number of rotatable bonds is 3. The molecule has 1 aliphatic rings. The van der Waals surface area contributed by atoms with Crippen LogP contribution in [0.2, 0.25) is 0 Å². The van der Waals surface area contributed by atoms with Crippen molar-refractivity contribution in [3.63, 3.8) is 0 Å². The van der Waals surface area contributed by atoms with Gasteiger partial charge in [0.25, 0.3) is 0 Å². The quantitative estimate of drug-likeness (QED) is 0.740. The fraction of sp³-hybridized carbons (Fsp3) is 0.500. The third-order valence-corrected chi connectivity index (χ3v) is 3.88. The number of anilines is 1. The van der Waals surface area contributed by atoms with Crippen molar-refractivity contribution in [1.29, 1.82) is 0 Å². The van der Waals surface area contributed by atoms with Crippen molar-refractivity contribution in [2.45, 2.75) is 38.7 Å². The van der Waals surface area contributed by atoms with E-state index >= 15 is 0 Å². The minimum absolute atomic E-state index is 0.207. The topological polar surface area (TPSA) is 78.4 Å². The van der Waals surface area contributed by atoms with Crippen LogP contribution in [0.1, 0.15) is 31.2 Å². The molecule has 0 aliphatic heterocycles. The summed E-state index contributed by atoms with van der Waals surface area (Å²) in [5, 5.41) is 14.7. The molecule has 0 radical (unpaired) electrons. The number of aliphatic hydroxyl groups excluding tert-OH is 1. The van der Waals surface area contributed by atoms with Crippen LogP contribution in [0.15, 0.2) is 24.3 Å². The van der Waals surface area contributed by atoms with E-state index in [-0.39, 0.29) is 6.10 Å². The first kappa shape index (κ1) is 15.5. The second kappa shape index (κ2) is 7.22. The number of benzene rings is 1. The van der Waals surface area contributed by atoms with Gasteiger partial charge in [0, 0.05) is 12.2 Å². The molecule has 1 aromatic rings. The maximum absolute atomic E-state index is 11.8. The molecule has 0 bridgehead atoms. The fourth-order valence-electron chi connectivity index (χ4n) is 2.49. The second-order valence-electron chi connectivity index (χ2n) is 5.70. The smallest absolute Gasteiger partial charge is 0.313 e. The summed E-state index contributed by atoms with van der Waals surface area (Å²) < 4.78 is 0. The number of nitrogens with one attached hydrogen (secondary N) is 2. The third-order valence-electron chi connectivity index (χ3n) is 3.88. The molecule has 0 atom stereocenters. The van der Waals surface area contributed by atoms with E-state index in [9.17, 15) is 14.7 Å². The van der Waals surface area contributed by atoms with Crippen LogP contribution >= 0.6 is 0 Å². The van der Waals surface area contributed by atoms with E-state index in [1.807, 2.05) is 19.1 Å². The molecule has 1 aliphatic carbocycles. The van der Waals surface area contributed by atoms with E-state index < -0.39 is 11.8 Å². The van der Waals surface area contributed by atoms with Crippen molar-refractivity contribution in [1.82, 2.24) is 5.32 Å². The molecule has 0 heterocycles. The molecule has 114 valence electrons. The molecule has 1 fully saturated rings. The van der Waals surface area contributed by atoms with Crippen LogP contribution in [0.25, 0.3) is 0 Å². The minimum Gasteiger partial charge on any atom is -0.393 e. The Bertz CT molecular complexity index is 491. The maximum Gasteiger partial charge on any atom is 0.313 e. The predicted octanol–water partition coefficient (Wildman–Crippen LogP) is 1.60. The first-order valence-corrected chi connectivity index (χ1v) is 7.38. The van der Waals surface area contributed by atoms with Gasteiger partial charge in [-0.3, -0.25) is 9.59 Å². The first-order valence-electron chi connectivity index (χ1n) is 7.38. The lowest BCUT2D eigenvalue weighted by Crippen LogP contribution is -2.39. The van der Waals surface area contributed by atoms with Gasteiger partial charge in [-0.05, 0) is 50.7 Å². The van der Waals surface area contributed by atoms with Gasteiger partial charge in [-0.1, -0.05) is 17.7 Å².